The van der Waals surface area contributed by atoms with Crippen LogP contribution in [0.3, 0.4) is 0 Å². The first-order valence-electron chi connectivity index (χ1n) is 6.58. The molecule has 1 amide bonds. The summed E-state index contributed by atoms with van der Waals surface area (Å²) in [4.78, 5) is 21.7. The monoisotopic (exact) mass is 295 g/mol. The maximum absolute atomic E-state index is 11.2. The zero-order valence-corrected chi connectivity index (χ0v) is 12.5. The number of nitrogens with two attached hydrogens (primary N) is 1. The van der Waals surface area contributed by atoms with Crippen LogP contribution >= 0.6 is 0 Å². The summed E-state index contributed by atoms with van der Waals surface area (Å²) in [7, 11) is 1.63. The number of carbonyl (C=O) groups excluding carboxylic acids is 1. The van der Waals surface area contributed by atoms with Crippen molar-refractivity contribution in [1.29, 1.82) is 0 Å². The number of hydrogen-bond acceptors (Lipinski definition) is 5. The van der Waals surface area contributed by atoms with Crippen LogP contribution in [0.5, 0.6) is 0 Å². The van der Waals surface area contributed by atoms with E-state index in [1.807, 2.05) is 13.8 Å². The van der Waals surface area contributed by atoms with Crippen molar-refractivity contribution in [2.24, 2.45) is 11.1 Å². The molecule has 0 saturated carbocycles. The number of anilines is 1. The van der Waals surface area contributed by atoms with Crippen LogP contribution in [-0.2, 0) is 4.74 Å². The highest BCUT2D eigenvalue weighted by molar-refractivity contribution is 5.94. The minimum Gasteiger partial charge on any atom is -0.385 e. The van der Waals surface area contributed by atoms with Gasteiger partial charge in [0.15, 0.2) is 0 Å². The van der Waals surface area contributed by atoms with Gasteiger partial charge in [0.1, 0.15) is 5.69 Å². The Hall–Kier alpha value is -2.15. The molecule has 0 aliphatic rings. The number of nitro groups is 1. The molecule has 1 rings (SSSR count). The molecule has 0 aliphatic carbocycles. The zero-order valence-electron chi connectivity index (χ0n) is 12.5. The Morgan fingerprint density at radius 2 is 2.14 bits per heavy atom. The smallest absolute Gasteiger partial charge is 0.292 e. The molecule has 0 aliphatic heterocycles. The van der Waals surface area contributed by atoms with Crippen LogP contribution in [0.2, 0.25) is 0 Å². The lowest BCUT2D eigenvalue weighted by atomic mass is 9.89. The van der Waals surface area contributed by atoms with Crippen LogP contribution in [0, 0.1) is 15.5 Å². The fourth-order valence-corrected chi connectivity index (χ4v) is 1.79. The van der Waals surface area contributed by atoms with Crippen molar-refractivity contribution in [3.63, 3.8) is 0 Å². The third kappa shape index (κ3) is 5.03. The summed E-state index contributed by atoms with van der Waals surface area (Å²) in [6.07, 6.45) is 0.805. The summed E-state index contributed by atoms with van der Waals surface area (Å²) in [6.45, 7) is 5.18. The number of benzene rings is 1. The Kier molecular flexibility index (Phi) is 5.66. The van der Waals surface area contributed by atoms with E-state index in [0.29, 0.717) is 18.8 Å². The molecule has 3 N–H and O–H groups in total. The number of primary amides is 1. The number of nitrogens with zero attached hydrogens (tertiary/aromatic N) is 1. The SMILES string of the molecule is COCCC(C)(C)CNc1cc(C(N)=O)ccc1[N+](=O)[O-]. The van der Waals surface area contributed by atoms with Crippen LogP contribution in [0.15, 0.2) is 18.2 Å². The van der Waals surface area contributed by atoms with Crippen LogP contribution < -0.4 is 11.1 Å². The summed E-state index contributed by atoms with van der Waals surface area (Å²) in [5, 5.41) is 14.1. The molecule has 1 aromatic carbocycles. The second kappa shape index (κ2) is 7.03. The Labute approximate surface area is 123 Å². The van der Waals surface area contributed by atoms with Crippen molar-refractivity contribution in [2.75, 3.05) is 25.6 Å². The summed E-state index contributed by atoms with van der Waals surface area (Å²) in [6, 6.07) is 4.04. The quantitative estimate of drug-likeness (QED) is 0.564. The number of hydrogen-bond donors (Lipinski definition) is 2. The molecule has 0 bridgehead atoms. The number of rotatable bonds is 8. The Balaban J connectivity index is 2.92. The highest BCUT2D eigenvalue weighted by Gasteiger charge is 2.21. The van der Waals surface area contributed by atoms with Gasteiger partial charge in [-0.05, 0) is 24.0 Å². The second-order valence-corrected chi connectivity index (χ2v) is 5.61. The van der Waals surface area contributed by atoms with Gasteiger partial charge in [-0.25, -0.2) is 0 Å². The van der Waals surface area contributed by atoms with Gasteiger partial charge < -0.3 is 15.8 Å². The molecule has 0 heterocycles. The molecular formula is C14H21N3O4. The van der Waals surface area contributed by atoms with Gasteiger partial charge in [-0.3, -0.25) is 14.9 Å². The van der Waals surface area contributed by atoms with Crippen LogP contribution in [0.1, 0.15) is 30.6 Å². The van der Waals surface area contributed by atoms with E-state index in [1.54, 1.807) is 7.11 Å². The van der Waals surface area contributed by atoms with E-state index in [0.717, 1.165) is 6.42 Å². The Morgan fingerprint density at radius 3 is 2.67 bits per heavy atom. The van der Waals surface area contributed by atoms with E-state index in [4.69, 9.17) is 10.5 Å². The highest BCUT2D eigenvalue weighted by atomic mass is 16.6. The third-order valence-corrected chi connectivity index (χ3v) is 3.22. The van der Waals surface area contributed by atoms with Crippen molar-refractivity contribution in [2.45, 2.75) is 20.3 Å². The number of carbonyl (C=O) groups is 1. The summed E-state index contributed by atoms with van der Waals surface area (Å²) in [5.41, 5.74) is 5.55. The lowest BCUT2D eigenvalue weighted by molar-refractivity contribution is -0.384. The van der Waals surface area contributed by atoms with E-state index in [-0.39, 0.29) is 16.7 Å². The number of ether oxygens (including phenoxy) is 1. The van der Waals surface area contributed by atoms with Crippen LogP contribution in [-0.4, -0.2) is 31.1 Å². The molecule has 7 nitrogen and oxygen atoms in total. The lowest BCUT2D eigenvalue weighted by Crippen LogP contribution is -2.25. The lowest BCUT2D eigenvalue weighted by Gasteiger charge is -2.25. The normalized spacial score (nSPS) is 11.2. The number of nitro benzene ring substituents is 1. The van der Waals surface area contributed by atoms with Gasteiger partial charge in [-0.2, -0.15) is 0 Å². The molecule has 1 aromatic rings. The predicted octanol–water partition coefficient (Wildman–Crippen LogP) is 2.17. The Morgan fingerprint density at radius 1 is 1.48 bits per heavy atom. The fourth-order valence-electron chi connectivity index (χ4n) is 1.79. The molecular weight excluding hydrogens is 274 g/mol. The molecule has 0 saturated heterocycles. The second-order valence-electron chi connectivity index (χ2n) is 5.61. The number of methoxy groups -OCH3 is 1. The minimum atomic E-state index is -0.619. The minimum absolute atomic E-state index is 0.0810. The molecule has 0 radical (unpaired) electrons. The van der Waals surface area contributed by atoms with E-state index in [2.05, 4.69) is 5.32 Å². The van der Waals surface area contributed by atoms with Gasteiger partial charge in [-0.15, -0.1) is 0 Å². The van der Waals surface area contributed by atoms with Crippen molar-refractivity contribution < 1.29 is 14.5 Å². The molecule has 21 heavy (non-hydrogen) atoms. The van der Waals surface area contributed by atoms with Gasteiger partial charge >= 0.3 is 0 Å². The first kappa shape index (κ1) is 16.9. The largest absolute Gasteiger partial charge is 0.385 e. The standard InChI is InChI=1S/C14H21N3O4/c1-14(2,6-7-21-3)9-16-11-8-10(13(15)18)4-5-12(11)17(19)20/h4-5,8,16H,6-7,9H2,1-3H3,(H2,15,18). The van der Waals surface area contributed by atoms with Crippen LogP contribution in [0.4, 0.5) is 11.4 Å². The number of nitrogens with one attached hydrogen (secondary N) is 1. The van der Waals surface area contributed by atoms with E-state index >= 15 is 0 Å². The third-order valence-electron chi connectivity index (χ3n) is 3.22. The molecule has 0 aromatic heterocycles. The van der Waals surface area contributed by atoms with Gasteiger partial charge in [0.2, 0.25) is 5.91 Å². The zero-order chi connectivity index (χ0) is 16.0. The Bertz CT molecular complexity index is 529. The van der Waals surface area contributed by atoms with Gasteiger partial charge in [-0.1, -0.05) is 13.8 Å². The average molecular weight is 295 g/mol. The molecule has 7 heteroatoms. The maximum Gasteiger partial charge on any atom is 0.292 e. The molecule has 0 unspecified atom stereocenters. The van der Waals surface area contributed by atoms with E-state index < -0.39 is 10.8 Å². The highest BCUT2D eigenvalue weighted by Crippen LogP contribution is 2.28. The molecule has 0 fully saturated rings. The average Bonchev–Trinajstić information content (AvgIpc) is 2.42. The summed E-state index contributed by atoms with van der Waals surface area (Å²) < 4.78 is 5.05. The molecule has 0 spiro atoms. The predicted molar refractivity (Wildman–Crippen MR) is 80.4 cm³/mol. The van der Waals surface area contributed by atoms with Crippen LogP contribution in [0.25, 0.3) is 0 Å². The van der Waals surface area contributed by atoms with Gasteiger partial charge in [0.05, 0.1) is 4.92 Å². The first-order chi connectivity index (χ1) is 9.76. The summed E-state index contributed by atoms with van der Waals surface area (Å²) >= 11 is 0. The molecule has 116 valence electrons. The maximum atomic E-state index is 11.2. The number of amides is 1. The van der Waals surface area contributed by atoms with E-state index in [1.165, 1.54) is 18.2 Å². The topological polar surface area (TPSA) is 107 Å². The van der Waals surface area contributed by atoms with Crippen molar-refractivity contribution >= 4 is 17.3 Å². The van der Waals surface area contributed by atoms with E-state index in [9.17, 15) is 14.9 Å². The van der Waals surface area contributed by atoms with Crippen molar-refractivity contribution in [1.82, 2.24) is 0 Å². The van der Waals surface area contributed by atoms with Gasteiger partial charge in [0.25, 0.3) is 5.69 Å². The fraction of sp³-hybridized carbons (Fsp3) is 0.500. The van der Waals surface area contributed by atoms with Gasteiger partial charge in [0, 0.05) is 31.9 Å². The summed E-state index contributed by atoms with van der Waals surface area (Å²) in [5.74, 6) is -0.619. The first-order valence-corrected chi connectivity index (χ1v) is 6.58. The van der Waals surface area contributed by atoms with Crippen molar-refractivity contribution in [3.05, 3.63) is 33.9 Å². The molecule has 0 atom stereocenters. The van der Waals surface area contributed by atoms with Crippen molar-refractivity contribution in [3.8, 4) is 0 Å².